The molecule has 0 fully saturated rings. The first kappa shape index (κ1) is 12.2. The van der Waals surface area contributed by atoms with E-state index in [-0.39, 0.29) is 18.6 Å². The van der Waals surface area contributed by atoms with Crippen LogP contribution < -0.4 is 5.32 Å². The second kappa shape index (κ2) is 7.86. The van der Waals surface area contributed by atoms with E-state index in [9.17, 15) is 4.79 Å². The molecule has 0 rings (SSSR count). The molecule has 1 amide bonds. The number of amides is 1. The van der Waals surface area contributed by atoms with Gasteiger partial charge >= 0.3 is 0 Å². The van der Waals surface area contributed by atoms with Gasteiger partial charge in [0.2, 0.25) is 5.91 Å². The van der Waals surface area contributed by atoms with Gasteiger partial charge < -0.3 is 10.1 Å². The van der Waals surface area contributed by atoms with Gasteiger partial charge in [0, 0.05) is 6.54 Å². The highest BCUT2D eigenvalue weighted by Crippen LogP contribution is 1.94. The van der Waals surface area contributed by atoms with Crippen LogP contribution in [-0.2, 0) is 9.53 Å². The van der Waals surface area contributed by atoms with Gasteiger partial charge in [-0.3, -0.25) is 4.79 Å². The molecule has 1 atom stereocenters. The van der Waals surface area contributed by atoms with Crippen molar-refractivity contribution in [3.05, 3.63) is 12.1 Å². The van der Waals surface area contributed by atoms with Gasteiger partial charge in [-0.1, -0.05) is 13.0 Å². The predicted molar refractivity (Wildman–Crippen MR) is 53.6 cm³/mol. The monoisotopic (exact) mass is 181 g/mol. The molecule has 0 aromatic heterocycles. The van der Waals surface area contributed by atoms with Crippen LogP contribution in [0.5, 0.6) is 0 Å². The number of hydrogen-bond acceptors (Lipinski definition) is 2. The molecule has 2 radical (unpaired) electrons. The molecule has 0 saturated carbocycles. The summed E-state index contributed by atoms with van der Waals surface area (Å²) in [6, 6.07) is 0. The number of carbonyl (C=O) groups excluding carboxylic acids is 1. The Hall–Kier alpha value is -0.765. The molecule has 1 N–H and O–H groups in total. The van der Waals surface area contributed by atoms with E-state index in [2.05, 4.69) is 5.32 Å². The predicted octanol–water partition coefficient (Wildman–Crippen LogP) is 0.600. The van der Waals surface area contributed by atoms with Crippen molar-refractivity contribution in [2.24, 2.45) is 0 Å². The van der Waals surface area contributed by atoms with Gasteiger partial charge in [-0.05, 0) is 13.3 Å². The van der Waals surface area contributed by atoms with Crippen molar-refractivity contribution in [3.8, 4) is 0 Å². The second-order valence-corrected chi connectivity index (χ2v) is 2.76. The quantitative estimate of drug-likeness (QED) is 0.609. The van der Waals surface area contributed by atoms with Crippen LogP contribution in [0.4, 0.5) is 0 Å². The van der Waals surface area contributed by atoms with Gasteiger partial charge in [-0.2, -0.15) is 0 Å². The van der Waals surface area contributed by atoms with Crippen LogP contribution >= 0.6 is 0 Å². The normalized spacial score (nSPS) is 13.1. The topological polar surface area (TPSA) is 38.3 Å². The van der Waals surface area contributed by atoms with Crippen LogP contribution in [0.25, 0.3) is 0 Å². The third kappa shape index (κ3) is 7.59. The highest BCUT2D eigenvalue weighted by atomic mass is 16.5. The van der Waals surface area contributed by atoms with E-state index >= 15 is 0 Å². The summed E-state index contributed by atoms with van der Waals surface area (Å²) in [5.74, 6) is 1.29. The summed E-state index contributed by atoms with van der Waals surface area (Å²) < 4.78 is 5.22. The number of hydrogen-bond donors (Lipinski definition) is 1. The van der Waals surface area contributed by atoms with Crippen molar-refractivity contribution in [3.63, 3.8) is 0 Å². The van der Waals surface area contributed by atoms with Gasteiger partial charge in [-0.25, -0.2) is 0 Å². The van der Waals surface area contributed by atoms with Crippen molar-refractivity contribution in [2.45, 2.75) is 26.4 Å². The minimum absolute atomic E-state index is 0.113. The molecule has 0 aliphatic heterocycles. The van der Waals surface area contributed by atoms with Gasteiger partial charge in [0.05, 0.1) is 6.10 Å². The van der Waals surface area contributed by atoms with E-state index in [4.69, 9.17) is 12.6 Å². The molecule has 0 aliphatic carbocycles. The van der Waals surface area contributed by atoms with Crippen LogP contribution in [-0.4, -0.2) is 33.0 Å². The summed E-state index contributed by atoms with van der Waals surface area (Å²) >= 11 is 0. The van der Waals surface area contributed by atoms with Crippen molar-refractivity contribution in [2.75, 3.05) is 13.2 Å². The van der Waals surface area contributed by atoms with Gasteiger partial charge in [-0.15, -0.1) is 5.98 Å². The summed E-state index contributed by atoms with van der Waals surface area (Å²) in [5, 5.41) is 2.63. The minimum Gasteiger partial charge on any atom is -0.369 e. The Kier molecular flexibility index (Phi) is 7.40. The average Bonchev–Trinajstić information content (AvgIpc) is 2.14. The van der Waals surface area contributed by atoms with E-state index in [1.165, 1.54) is 5.98 Å². The zero-order valence-electron chi connectivity index (χ0n) is 8.25. The first-order chi connectivity index (χ1) is 6.20. The molecule has 0 spiro atoms. The minimum atomic E-state index is -0.113. The maximum Gasteiger partial charge on any atom is 0.246 e. The van der Waals surface area contributed by atoms with E-state index in [0.717, 1.165) is 6.42 Å². The molecule has 3 nitrogen and oxygen atoms in total. The Morgan fingerprint density at radius 3 is 2.92 bits per heavy atom. The number of carbonyl (C=O) groups is 1. The smallest absolute Gasteiger partial charge is 0.246 e. The van der Waals surface area contributed by atoms with E-state index in [0.29, 0.717) is 6.54 Å². The molecule has 0 heterocycles. The Morgan fingerprint density at radius 2 is 2.38 bits per heavy atom. The van der Waals surface area contributed by atoms with E-state index in [1.54, 1.807) is 6.08 Å². The van der Waals surface area contributed by atoms with Crippen LogP contribution in [0.3, 0.4) is 0 Å². The average molecular weight is 181 g/mol. The molecule has 1 unspecified atom stereocenters. The molecule has 4 heteroatoms. The van der Waals surface area contributed by atoms with Crippen LogP contribution in [0.1, 0.15) is 20.3 Å². The fraction of sp³-hybridized carbons (Fsp3) is 0.667. The Balaban J connectivity index is 3.40. The van der Waals surface area contributed by atoms with E-state index < -0.39 is 0 Å². The molecule has 0 aliphatic rings. The summed E-state index contributed by atoms with van der Waals surface area (Å²) in [5.41, 5.74) is 0. The molecular weight excluding hydrogens is 165 g/mol. The van der Waals surface area contributed by atoms with Gasteiger partial charge in [0.15, 0.2) is 0 Å². The fourth-order valence-corrected chi connectivity index (χ4v) is 0.628. The largest absolute Gasteiger partial charge is 0.369 e. The molecule has 72 valence electrons. The molecule has 0 aromatic carbocycles. The summed E-state index contributed by atoms with van der Waals surface area (Å²) in [6.07, 6.45) is 2.72. The standard InChI is InChI=1S/C9H16BNO2/c1-3-8(2)13-7-9(12)11-6-4-5-10/h4-5,8H,3,6-7H2,1-2H3,(H,11,12)/b5-4+. The van der Waals surface area contributed by atoms with Crippen LogP contribution in [0.15, 0.2) is 12.1 Å². The first-order valence-corrected chi connectivity index (χ1v) is 4.45. The van der Waals surface area contributed by atoms with Gasteiger partial charge in [0.1, 0.15) is 14.5 Å². The first-order valence-electron chi connectivity index (χ1n) is 4.45. The Bertz CT molecular complexity index is 171. The van der Waals surface area contributed by atoms with Crippen LogP contribution in [0, 0.1) is 0 Å². The zero-order valence-corrected chi connectivity index (χ0v) is 8.25. The highest BCUT2D eigenvalue weighted by molar-refractivity contribution is 6.16. The summed E-state index contributed by atoms with van der Waals surface area (Å²) in [7, 11) is 5.10. The lowest BCUT2D eigenvalue weighted by atomic mass is 10.1. The molecular formula is C9H16BNO2. The zero-order chi connectivity index (χ0) is 10.1. The fourth-order valence-electron chi connectivity index (χ4n) is 0.628. The van der Waals surface area contributed by atoms with Crippen molar-refractivity contribution in [1.82, 2.24) is 5.32 Å². The van der Waals surface area contributed by atoms with Crippen molar-refractivity contribution >= 4 is 13.8 Å². The van der Waals surface area contributed by atoms with Crippen molar-refractivity contribution < 1.29 is 9.53 Å². The summed E-state index contributed by atoms with van der Waals surface area (Å²) in [4.78, 5) is 11.0. The third-order valence-electron chi connectivity index (χ3n) is 1.63. The number of rotatable bonds is 6. The van der Waals surface area contributed by atoms with Crippen LogP contribution in [0.2, 0.25) is 0 Å². The lowest BCUT2D eigenvalue weighted by Gasteiger charge is -2.09. The maximum absolute atomic E-state index is 11.0. The Morgan fingerprint density at radius 1 is 1.69 bits per heavy atom. The molecule has 0 saturated heterocycles. The Labute approximate surface area is 80.9 Å². The lowest BCUT2D eigenvalue weighted by molar-refractivity contribution is -0.127. The number of nitrogens with one attached hydrogen (secondary N) is 1. The molecule has 0 aromatic rings. The molecule has 0 bridgehead atoms. The second-order valence-electron chi connectivity index (χ2n) is 2.76. The maximum atomic E-state index is 11.0. The lowest BCUT2D eigenvalue weighted by Crippen LogP contribution is -2.29. The van der Waals surface area contributed by atoms with Gasteiger partial charge in [0.25, 0.3) is 0 Å². The highest BCUT2D eigenvalue weighted by Gasteiger charge is 2.02. The third-order valence-corrected chi connectivity index (χ3v) is 1.63. The van der Waals surface area contributed by atoms with Crippen molar-refractivity contribution in [1.29, 1.82) is 0 Å². The molecule has 13 heavy (non-hydrogen) atoms. The SMILES string of the molecule is [B]/C=C/CNC(=O)COC(C)CC. The van der Waals surface area contributed by atoms with E-state index in [1.807, 2.05) is 13.8 Å². The summed E-state index contributed by atoms with van der Waals surface area (Å²) in [6.45, 7) is 4.53. The number of ether oxygens (including phenoxy) is 1.